The molecule has 1 aromatic heterocycles. The fourth-order valence-electron chi connectivity index (χ4n) is 3.19. The normalized spacial score (nSPS) is 11.1. The van der Waals surface area contributed by atoms with Crippen LogP contribution in [0.1, 0.15) is 0 Å². The van der Waals surface area contributed by atoms with E-state index in [0.717, 1.165) is 0 Å². The first-order chi connectivity index (χ1) is 15.2. The fraction of sp³-hybridized carbons (Fsp3) is 0. The molecule has 32 heavy (non-hydrogen) atoms. The number of pyridine rings is 1. The zero-order valence-electron chi connectivity index (χ0n) is 15.7. The van der Waals surface area contributed by atoms with E-state index in [2.05, 4.69) is 4.98 Å². The average molecular weight is 550 g/mol. The van der Waals surface area contributed by atoms with Crippen molar-refractivity contribution in [2.75, 3.05) is 0 Å². The van der Waals surface area contributed by atoms with Crippen LogP contribution in [0.4, 0.5) is 8.78 Å². The van der Waals surface area contributed by atoms with E-state index in [1.165, 1.54) is 54.6 Å². The van der Waals surface area contributed by atoms with E-state index in [4.69, 9.17) is 69.6 Å². The van der Waals surface area contributed by atoms with Crippen LogP contribution in [-0.4, -0.2) is 4.98 Å². The fourth-order valence-corrected chi connectivity index (χ4v) is 4.69. The maximum Gasteiger partial charge on any atom is 0.160 e. The highest BCUT2D eigenvalue weighted by Gasteiger charge is 2.26. The minimum atomic E-state index is -0.954. The van der Waals surface area contributed by atoms with Crippen molar-refractivity contribution in [2.24, 2.45) is 0 Å². The van der Waals surface area contributed by atoms with Gasteiger partial charge in [-0.05, 0) is 48.5 Å². The summed E-state index contributed by atoms with van der Waals surface area (Å²) in [5.74, 6) is -1.91. The van der Waals surface area contributed by atoms with Gasteiger partial charge in [-0.3, -0.25) is 0 Å². The largest absolute Gasteiger partial charge is 0.241 e. The SMILES string of the molecule is Fc1c(-c2ccc(Cl)cc2Cl)nc(-c2ccc(Cl)cc2Cl)c(F)c1-c1ccc(Cl)cc1Cl. The van der Waals surface area contributed by atoms with E-state index in [9.17, 15) is 0 Å². The molecule has 0 saturated carbocycles. The molecule has 0 amide bonds. The second-order valence-electron chi connectivity index (χ2n) is 6.68. The quantitative estimate of drug-likeness (QED) is 0.248. The van der Waals surface area contributed by atoms with Crippen LogP contribution in [0.3, 0.4) is 0 Å². The van der Waals surface area contributed by atoms with Gasteiger partial charge in [-0.15, -0.1) is 0 Å². The molecule has 0 saturated heterocycles. The molecular weight excluding hydrogens is 541 g/mol. The van der Waals surface area contributed by atoms with Gasteiger partial charge in [-0.25, -0.2) is 13.8 Å². The van der Waals surface area contributed by atoms with Crippen LogP contribution in [0.5, 0.6) is 0 Å². The van der Waals surface area contributed by atoms with Gasteiger partial charge in [0.1, 0.15) is 11.4 Å². The predicted octanol–water partition coefficient (Wildman–Crippen LogP) is 10.3. The average Bonchev–Trinajstić information content (AvgIpc) is 2.71. The van der Waals surface area contributed by atoms with Crippen molar-refractivity contribution >= 4 is 69.6 Å². The van der Waals surface area contributed by atoms with Gasteiger partial charge in [-0.2, -0.15) is 0 Å². The molecule has 0 bridgehead atoms. The number of rotatable bonds is 3. The van der Waals surface area contributed by atoms with E-state index in [1.54, 1.807) is 0 Å². The van der Waals surface area contributed by atoms with Crippen LogP contribution in [0.2, 0.25) is 30.1 Å². The molecule has 162 valence electrons. The Kier molecular flexibility index (Phi) is 6.88. The first-order valence-electron chi connectivity index (χ1n) is 8.92. The van der Waals surface area contributed by atoms with Crippen molar-refractivity contribution in [3.8, 4) is 33.6 Å². The van der Waals surface area contributed by atoms with Crippen molar-refractivity contribution in [3.63, 3.8) is 0 Å². The van der Waals surface area contributed by atoms with E-state index in [-0.39, 0.29) is 43.1 Å². The molecule has 0 aliphatic rings. The Morgan fingerprint density at radius 1 is 0.500 bits per heavy atom. The smallest absolute Gasteiger partial charge is 0.160 e. The number of hydrogen-bond acceptors (Lipinski definition) is 1. The summed E-state index contributed by atoms with van der Waals surface area (Å²) in [5.41, 5.74) is -0.280. The summed E-state index contributed by atoms with van der Waals surface area (Å²) in [7, 11) is 0. The molecule has 0 unspecified atom stereocenters. The van der Waals surface area contributed by atoms with Crippen LogP contribution < -0.4 is 0 Å². The maximum atomic E-state index is 15.8. The third kappa shape index (κ3) is 4.43. The first kappa shape index (κ1) is 23.6. The monoisotopic (exact) mass is 547 g/mol. The molecular formula is C23H9Cl6F2N. The van der Waals surface area contributed by atoms with E-state index >= 15 is 8.78 Å². The van der Waals surface area contributed by atoms with Crippen molar-refractivity contribution in [3.05, 3.63) is 96.4 Å². The summed E-state index contributed by atoms with van der Waals surface area (Å²) in [5, 5.41) is 1.35. The number of hydrogen-bond donors (Lipinski definition) is 0. The lowest BCUT2D eigenvalue weighted by molar-refractivity contribution is 0.585. The lowest BCUT2D eigenvalue weighted by Gasteiger charge is -2.16. The van der Waals surface area contributed by atoms with E-state index in [0.29, 0.717) is 15.1 Å². The number of benzene rings is 3. The van der Waals surface area contributed by atoms with Crippen LogP contribution >= 0.6 is 69.6 Å². The summed E-state index contributed by atoms with van der Waals surface area (Å²) >= 11 is 36.8. The summed E-state index contributed by atoms with van der Waals surface area (Å²) in [6.07, 6.45) is 0. The molecule has 0 fully saturated rings. The molecule has 0 aliphatic carbocycles. The molecule has 1 heterocycles. The number of nitrogens with zero attached hydrogens (tertiary/aromatic N) is 1. The number of halogens is 8. The zero-order valence-corrected chi connectivity index (χ0v) is 20.2. The molecule has 4 rings (SSSR count). The van der Waals surface area contributed by atoms with Crippen LogP contribution in [-0.2, 0) is 0 Å². The third-order valence-electron chi connectivity index (χ3n) is 4.65. The molecule has 0 aliphatic heterocycles. The molecule has 0 radical (unpaired) electrons. The Bertz CT molecular complexity index is 1300. The summed E-state index contributed by atoms with van der Waals surface area (Å²) in [4.78, 5) is 4.25. The van der Waals surface area contributed by atoms with Gasteiger partial charge in [0.05, 0.1) is 20.6 Å². The van der Waals surface area contributed by atoms with Crippen molar-refractivity contribution in [2.45, 2.75) is 0 Å². The van der Waals surface area contributed by atoms with Gasteiger partial charge < -0.3 is 0 Å². The lowest BCUT2D eigenvalue weighted by atomic mass is 9.98. The summed E-state index contributed by atoms with van der Waals surface area (Å²) < 4.78 is 31.6. The molecule has 0 N–H and O–H groups in total. The van der Waals surface area contributed by atoms with Crippen molar-refractivity contribution in [1.82, 2.24) is 4.98 Å². The third-order valence-corrected chi connectivity index (χ3v) is 6.29. The molecule has 3 aromatic carbocycles. The van der Waals surface area contributed by atoms with Gasteiger partial charge in [0.25, 0.3) is 0 Å². The van der Waals surface area contributed by atoms with Crippen LogP contribution in [0, 0.1) is 11.6 Å². The highest BCUT2D eigenvalue weighted by Crippen LogP contribution is 2.43. The van der Waals surface area contributed by atoms with Crippen molar-refractivity contribution < 1.29 is 8.78 Å². The van der Waals surface area contributed by atoms with E-state index < -0.39 is 17.2 Å². The Morgan fingerprint density at radius 2 is 0.844 bits per heavy atom. The van der Waals surface area contributed by atoms with Gasteiger partial charge in [-0.1, -0.05) is 75.7 Å². The Morgan fingerprint density at radius 3 is 1.19 bits per heavy atom. The molecule has 1 nitrogen and oxygen atoms in total. The topological polar surface area (TPSA) is 12.9 Å². The predicted molar refractivity (Wildman–Crippen MR) is 131 cm³/mol. The Labute approximate surface area is 212 Å². The lowest BCUT2D eigenvalue weighted by Crippen LogP contribution is -2.03. The molecule has 0 atom stereocenters. The second-order valence-corrected chi connectivity index (χ2v) is 9.22. The Hall–Kier alpha value is -1.59. The van der Waals surface area contributed by atoms with Crippen molar-refractivity contribution in [1.29, 1.82) is 0 Å². The van der Waals surface area contributed by atoms with Gasteiger partial charge >= 0.3 is 0 Å². The second kappa shape index (κ2) is 9.34. The minimum absolute atomic E-state index is 0.0582. The maximum absolute atomic E-state index is 15.8. The summed E-state index contributed by atoms with van der Waals surface area (Å²) in [6.45, 7) is 0. The standard InChI is InChI=1S/C23H9Cl6F2N/c24-10-1-4-13(16(27)7-10)19-20(30)22(14-5-2-11(25)8-17(14)28)32-23(21(19)31)15-6-3-12(26)9-18(15)29/h1-9H. The highest BCUT2D eigenvalue weighted by molar-refractivity contribution is 6.38. The first-order valence-corrected chi connectivity index (χ1v) is 11.2. The Balaban J connectivity index is 2.11. The van der Waals surface area contributed by atoms with Gasteiger partial charge in [0.15, 0.2) is 11.6 Å². The van der Waals surface area contributed by atoms with Crippen LogP contribution in [0.25, 0.3) is 33.6 Å². The molecule has 4 aromatic rings. The number of aromatic nitrogens is 1. The molecule has 0 spiro atoms. The minimum Gasteiger partial charge on any atom is -0.241 e. The van der Waals surface area contributed by atoms with E-state index in [1.807, 2.05) is 0 Å². The summed E-state index contributed by atoms with van der Waals surface area (Å²) in [6, 6.07) is 13.2. The zero-order chi connectivity index (χ0) is 23.2. The van der Waals surface area contributed by atoms with Gasteiger partial charge in [0, 0.05) is 31.8 Å². The highest BCUT2D eigenvalue weighted by atomic mass is 35.5. The van der Waals surface area contributed by atoms with Crippen LogP contribution in [0.15, 0.2) is 54.6 Å². The van der Waals surface area contributed by atoms with Gasteiger partial charge in [0.2, 0.25) is 0 Å². The molecule has 9 heteroatoms.